The third-order valence-corrected chi connectivity index (χ3v) is 1.81. The number of esters is 1. The molecule has 0 rings (SSSR count). The molecule has 0 aliphatic rings. The Morgan fingerprint density at radius 2 is 2.29 bits per heavy atom. The molecule has 0 spiro atoms. The summed E-state index contributed by atoms with van der Waals surface area (Å²) in [5, 5.41) is 9.64. The van der Waals surface area contributed by atoms with Crippen LogP contribution in [0.5, 0.6) is 0 Å². The second-order valence-corrected chi connectivity index (χ2v) is 3.39. The largest absolute Gasteiger partial charge is 0.461 e. The molecule has 0 aromatic rings. The molecule has 0 heterocycles. The van der Waals surface area contributed by atoms with Gasteiger partial charge in [-0.15, -0.1) is 0 Å². The summed E-state index contributed by atoms with van der Waals surface area (Å²) in [6.07, 6.45) is 2.25. The van der Waals surface area contributed by atoms with Crippen molar-refractivity contribution in [1.82, 2.24) is 5.01 Å². The van der Waals surface area contributed by atoms with E-state index in [1.807, 2.05) is 6.07 Å². The Bertz CT molecular complexity index is 344. The van der Waals surface area contributed by atoms with Gasteiger partial charge >= 0.3 is 5.97 Å². The van der Waals surface area contributed by atoms with Gasteiger partial charge in [0.05, 0.1) is 19.2 Å². The third-order valence-electron chi connectivity index (χ3n) is 1.81. The van der Waals surface area contributed by atoms with Crippen molar-refractivity contribution in [1.29, 1.82) is 5.26 Å². The molecule has 0 atom stereocenters. The highest BCUT2D eigenvalue weighted by molar-refractivity contribution is 5.87. The van der Waals surface area contributed by atoms with E-state index in [0.717, 1.165) is 5.57 Å². The van der Waals surface area contributed by atoms with Crippen molar-refractivity contribution in [2.24, 2.45) is 11.6 Å². The van der Waals surface area contributed by atoms with E-state index in [1.54, 1.807) is 6.92 Å². The minimum atomic E-state index is -0.606. The monoisotopic (exact) mass is 238 g/mol. The van der Waals surface area contributed by atoms with Crippen molar-refractivity contribution in [3.05, 3.63) is 24.0 Å². The number of nitrogens with two attached hydrogens (primary N) is 2. The molecule has 0 amide bonds. The van der Waals surface area contributed by atoms with Crippen molar-refractivity contribution in [2.45, 2.75) is 19.8 Å². The van der Waals surface area contributed by atoms with E-state index in [0.29, 0.717) is 19.4 Å². The Morgan fingerprint density at radius 1 is 1.65 bits per heavy atom. The average molecular weight is 238 g/mol. The van der Waals surface area contributed by atoms with E-state index in [2.05, 4.69) is 6.58 Å². The standard InChI is InChI=1S/C11H18N4O2/c1-3-17-11(16)10(13)8-15(14)7-9(2)5-4-6-12/h8H,2-5,7,13-14H2,1H3/b10-8-. The van der Waals surface area contributed by atoms with Crippen LogP contribution < -0.4 is 11.6 Å². The van der Waals surface area contributed by atoms with E-state index in [1.165, 1.54) is 11.2 Å². The van der Waals surface area contributed by atoms with Gasteiger partial charge in [0.15, 0.2) is 0 Å². The fourth-order valence-electron chi connectivity index (χ4n) is 1.06. The molecule has 0 aromatic heterocycles. The second-order valence-electron chi connectivity index (χ2n) is 3.39. The fraction of sp³-hybridized carbons (Fsp3) is 0.455. The summed E-state index contributed by atoms with van der Waals surface area (Å²) >= 11 is 0. The molecule has 0 fully saturated rings. The van der Waals surface area contributed by atoms with Gasteiger partial charge in [-0.3, -0.25) is 0 Å². The fourth-order valence-corrected chi connectivity index (χ4v) is 1.06. The van der Waals surface area contributed by atoms with E-state index >= 15 is 0 Å². The minimum Gasteiger partial charge on any atom is -0.461 e. The van der Waals surface area contributed by atoms with Gasteiger partial charge in [-0.05, 0) is 13.3 Å². The SMILES string of the molecule is C=C(CCC#N)CN(N)/C=C(\N)C(=O)OCC. The summed E-state index contributed by atoms with van der Waals surface area (Å²) in [5.74, 6) is 5.00. The van der Waals surface area contributed by atoms with Gasteiger partial charge in [-0.25, -0.2) is 10.6 Å². The molecule has 0 aliphatic carbocycles. The second kappa shape index (κ2) is 8.19. The molecule has 6 heteroatoms. The first kappa shape index (κ1) is 15.0. The molecule has 0 aromatic carbocycles. The lowest BCUT2D eigenvalue weighted by Gasteiger charge is -2.15. The van der Waals surface area contributed by atoms with Gasteiger partial charge in [0.2, 0.25) is 0 Å². The first-order chi connectivity index (χ1) is 8.01. The molecule has 0 aliphatic heterocycles. The number of hydrazine groups is 1. The van der Waals surface area contributed by atoms with Crippen molar-refractivity contribution in [2.75, 3.05) is 13.2 Å². The lowest BCUT2D eigenvalue weighted by molar-refractivity contribution is -0.138. The van der Waals surface area contributed by atoms with E-state index in [4.69, 9.17) is 21.6 Å². The lowest BCUT2D eigenvalue weighted by atomic mass is 10.2. The van der Waals surface area contributed by atoms with Crippen LogP contribution in [0.2, 0.25) is 0 Å². The molecular formula is C11H18N4O2. The predicted octanol–water partition coefficient (Wildman–Crippen LogP) is 0.385. The Hall–Kier alpha value is -2.00. The summed E-state index contributed by atoms with van der Waals surface area (Å²) in [7, 11) is 0. The van der Waals surface area contributed by atoms with Gasteiger partial charge in [-0.2, -0.15) is 5.26 Å². The lowest BCUT2D eigenvalue weighted by Crippen LogP contribution is -2.30. The molecule has 94 valence electrons. The Labute approximate surface area is 101 Å². The summed E-state index contributed by atoms with van der Waals surface area (Å²) < 4.78 is 4.69. The molecule has 17 heavy (non-hydrogen) atoms. The average Bonchev–Trinajstić information content (AvgIpc) is 2.26. The number of carbonyl (C=O) groups is 1. The number of nitrogens with zero attached hydrogens (tertiary/aromatic N) is 2. The van der Waals surface area contributed by atoms with Gasteiger partial charge < -0.3 is 15.5 Å². The van der Waals surface area contributed by atoms with Crippen molar-refractivity contribution < 1.29 is 9.53 Å². The van der Waals surface area contributed by atoms with Crippen LogP contribution in [-0.4, -0.2) is 24.1 Å². The molecule has 0 radical (unpaired) electrons. The van der Waals surface area contributed by atoms with Gasteiger partial charge in [0.1, 0.15) is 5.70 Å². The normalized spacial score (nSPS) is 10.5. The van der Waals surface area contributed by atoms with E-state index in [9.17, 15) is 4.79 Å². The van der Waals surface area contributed by atoms with Crippen molar-refractivity contribution >= 4 is 5.97 Å². The maximum absolute atomic E-state index is 11.2. The molecular weight excluding hydrogens is 220 g/mol. The predicted molar refractivity (Wildman–Crippen MR) is 63.8 cm³/mol. The summed E-state index contributed by atoms with van der Waals surface area (Å²) in [6.45, 7) is 6.04. The molecule has 4 N–H and O–H groups in total. The summed E-state index contributed by atoms with van der Waals surface area (Å²) in [6, 6.07) is 2.01. The van der Waals surface area contributed by atoms with Crippen LogP contribution in [0.3, 0.4) is 0 Å². The molecule has 0 bridgehead atoms. The number of nitriles is 1. The molecule has 6 nitrogen and oxygen atoms in total. The number of carbonyl (C=O) groups excluding carboxylic acids is 1. The topological polar surface area (TPSA) is 105 Å². The highest BCUT2D eigenvalue weighted by atomic mass is 16.5. The van der Waals surface area contributed by atoms with Crippen molar-refractivity contribution in [3.8, 4) is 6.07 Å². The maximum Gasteiger partial charge on any atom is 0.355 e. The summed E-state index contributed by atoms with van der Waals surface area (Å²) in [4.78, 5) is 11.2. The Morgan fingerprint density at radius 3 is 2.82 bits per heavy atom. The zero-order valence-electron chi connectivity index (χ0n) is 9.98. The van der Waals surface area contributed by atoms with Crippen LogP contribution in [-0.2, 0) is 9.53 Å². The van der Waals surface area contributed by atoms with E-state index in [-0.39, 0.29) is 12.3 Å². The van der Waals surface area contributed by atoms with Crippen LogP contribution in [0, 0.1) is 11.3 Å². The van der Waals surface area contributed by atoms with Gasteiger partial charge in [0.25, 0.3) is 0 Å². The van der Waals surface area contributed by atoms with Crippen LogP contribution in [0.4, 0.5) is 0 Å². The number of hydrogen-bond acceptors (Lipinski definition) is 6. The number of ether oxygens (including phenoxy) is 1. The van der Waals surface area contributed by atoms with Crippen LogP contribution in [0.15, 0.2) is 24.0 Å². The summed E-state index contributed by atoms with van der Waals surface area (Å²) in [5.41, 5.74) is 6.19. The highest BCUT2D eigenvalue weighted by Crippen LogP contribution is 2.03. The zero-order valence-corrected chi connectivity index (χ0v) is 9.98. The Balaban J connectivity index is 4.19. The molecule has 0 saturated carbocycles. The third kappa shape index (κ3) is 6.98. The number of hydrogen-bond donors (Lipinski definition) is 2. The Kier molecular flexibility index (Phi) is 7.22. The van der Waals surface area contributed by atoms with Crippen LogP contribution in [0.25, 0.3) is 0 Å². The quantitative estimate of drug-likeness (QED) is 0.218. The van der Waals surface area contributed by atoms with Gasteiger partial charge in [0, 0.05) is 12.6 Å². The number of rotatable bonds is 7. The first-order valence-electron chi connectivity index (χ1n) is 5.20. The molecule has 0 saturated heterocycles. The van der Waals surface area contributed by atoms with Crippen LogP contribution in [0.1, 0.15) is 19.8 Å². The van der Waals surface area contributed by atoms with Crippen LogP contribution >= 0.6 is 0 Å². The van der Waals surface area contributed by atoms with Crippen molar-refractivity contribution in [3.63, 3.8) is 0 Å². The smallest absolute Gasteiger partial charge is 0.355 e. The molecule has 0 unspecified atom stereocenters. The maximum atomic E-state index is 11.2. The van der Waals surface area contributed by atoms with Gasteiger partial charge in [-0.1, -0.05) is 12.2 Å². The highest BCUT2D eigenvalue weighted by Gasteiger charge is 2.07. The first-order valence-corrected chi connectivity index (χ1v) is 5.20. The van der Waals surface area contributed by atoms with E-state index < -0.39 is 5.97 Å². The minimum absolute atomic E-state index is 0.0672. The zero-order chi connectivity index (χ0) is 13.3.